The third-order valence-corrected chi connectivity index (χ3v) is 8.28. The van der Waals surface area contributed by atoms with Gasteiger partial charge in [-0.1, -0.05) is 40.0 Å². The van der Waals surface area contributed by atoms with Gasteiger partial charge in [0.2, 0.25) is 17.7 Å². The second-order valence-electron chi connectivity index (χ2n) is 10.9. The fraction of sp³-hybridized carbons (Fsp3) is 0.679. The zero-order chi connectivity index (χ0) is 24.8. The number of nitrogens with two attached hydrogens (primary N) is 2. The van der Waals surface area contributed by atoms with Gasteiger partial charge < -0.3 is 16.8 Å². The van der Waals surface area contributed by atoms with E-state index in [1.165, 1.54) is 19.3 Å². The van der Waals surface area contributed by atoms with E-state index >= 15 is 0 Å². The first-order chi connectivity index (χ1) is 16.2. The smallest absolute Gasteiger partial charge is 0.249 e. The third-order valence-electron chi connectivity index (χ3n) is 8.28. The van der Waals surface area contributed by atoms with Crippen LogP contribution in [0.3, 0.4) is 0 Å². The molecule has 0 aromatic heterocycles. The summed E-state index contributed by atoms with van der Waals surface area (Å²) in [6, 6.07) is 3.28. The van der Waals surface area contributed by atoms with Crippen molar-refractivity contribution in [2.24, 2.45) is 35.1 Å². The molecule has 0 unspecified atom stereocenters. The van der Waals surface area contributed by atoms with E-state index in [0.29, 0.717) is 34.2 Å². The molecule has 3 rings (SSSR count). The molecule has 0 aliphatic heterocycles. The third kappa shape index (κ3) is 6.39. The number of anilines is 1. The summed E-state index contributed by atoms with van der Waals surface area (Å²) in [6.07, 6.45) is 11.5. The van der Waals surface area contributed by atoms with Crippen molar-refractivity contribution in [1.82, 2.24) is 0 Å². The molecule has 6 nitrogen and oxygen atoms in total. The van der Waals surface area contributed by atoms with Crippen LogP contribution in [0, 0.1) is 23.7 Å². The molecule has 0 saturated heterocycles. The highest BCUT2D eigenvalue weighted by Gasteiger charge is 2.31. The lowest BCUT2D eigenvalue weighted by molar-refractivity contribution is -0.121. The number of hydrogen-bond acceptors (Lipinski definition) is 3. The summed E-state index contributed by atoms with van der Waals surface area (Å²) in [7, 11) is 0. The maximum Gasteiger partial charge on any atom is 0.249 e. The Labute approximate surface area is 204 Å². The van der Waals surface area contributed by atoms with Crippen LogP contribution in [0.2, 0.25) is 0 Å². The first-order valence-electron chi connectivity index (χ1n) is 13.3. The van der Waals surface area contributed by atoms with E-state index in [1.807, 2.05) is 0 Å². The molecule has 1 aromatic carbocycles. The monoisotopic (exact) mass is 469 g/mol. The van der Waals surface area contributed by atoms with Crippen molar-refractivity contribution in [3.05, 3.63) is 28.8 Å². The van der Waals surface area contributed by atoms with Crippen molar-refractivity contribution < 1.29 is 14.4 Å². The van der Waals surface area contributed by atoms with Crippen LogP contribution in [0.5, 0.6) is 0 Å². The quantitative estimate of drug-likeness (QED) is 0.427. The maximum absolute atomic E-state index is 13.0. The van der Waals surface area contributed by atoms with Gasteiger partial charge in [0, 0.05) is 22.7 Å². The van der Waals surface area contributed by atoms with Crippen LogP contribution >= 0.6 is 0 Å². The summed E-state index contributed by atoms with van der Waals surface area (Å²) in [6.45, 7) is 6.69. The standard InChI is InChI=1S/C28H43N3O3/c1-4-5-6-18-7-9-21(10-8-18)28(34)31-22-15-23(26(29)32)25(24(16-22)27(30)33)20-13-11-19(12-14-20)17(2)3/h15-21H,4-14H2,1-3H3,(H2,29,32)(H2,30,33)(H,31,34). The molecule has 3 amide bonds. The van der Waals surface area contributed by atoms with Crippen molar-refractivity contribution >= 4 is 23.4 Å². The molecule has 6 heteroatoms. The number of benzene rings is 1. The minimum Gasteiger partial charge on any atom is -0.366 e. The molecule has 0 bridgehead atoms. The molecule has 34 heavy (non-hydrogen) atoms. The van der Waals surface area contributed by atoms with Gasteiger partial charge in [-0.2, -0.15) is 0 Å². The largest absolute Gasteiger partial charge is 0.366 e. The van der Waals surface area contributed by atoms with E-state index < -0.39 is 11.8 Å². The van der Waals surface area contributed by atoms with E-state index in [9.17, 15) is 14.4 Å². The predicted molar refractivity (Wildman–Crippen MR) is 137 cm³/mol. The first-order valence-corrected chi connectivity index (χ1v) is 13.3. The number of nitrogens with one attached hydrogen (secondary N) is 1. The molecule has 2 fully saturated rings. The van der Waals surface area contributed by atoms with Gasteiger partial charge in [0.05, 0.1) is 0 Å². The van der Waals surface area contributed by atoms with Gasteiger partial charge in [-0.15, -0.1) is 0 Å². The Morgan fingerprint density at radius 3 is 1.94 bits per heavy atom. The van der Waals surface area contributed by atoms with Gasteiger partial charge in [0.25, 0.3) is 0 Å². The number of primary amides is 2. The second-order valence-corrected chi connectivity index (χ2v) is 10.9. The molecular formula is C28H43N3O3. The fourth-order valence-corrected chi connectivity index (χ4v) is 6.10. The zero-order valence-corrected chi connectivity index (χ0v) is 21.2. The SMILES string of the molecule is CCCCC1CCC(C(=O)Nc2cc(C(N)=O)c(C3CCC(C(C)C)CC3)c(C(N)=O)c2)CC1. The summed E-state index contributed by atoms with van der Waals surface area (Å²) >= 11 is 0. The summed E-state index contributed by atoms with van der Waals surface area (Å²) in [5, 5.41) is 2.96. The maximum atomic E-state index is 13.0. The van der Waals surface area contributed by atoms with E-state index in [4.69, 9.17) is 11.5 Å². The van der Waals surface area contributed by atoms with Gasteiger partial charge in [-0.25, -0.2) is 0 Å². The first kappa shape index (κ1) is 26.2. The van der Waals surface area contributed by atoms with Gasteiger partial charge >= 0.3 is 0 Å². The molecule has 188 valence electrons. The highest BCUT2D eigenvalue weighted by atomic mass is 16.2. The fourth-order valence-electron chi connectivity index (χ4n) is 6.10. The zero-order valence-electron chi connectivity index (χ0n) is 21.2. The average molecular weight is 470 g/mol. The number of carbonyl (C=O) groups is 3. The van der Waals surface area contributed by atoms with E-state index in [0.717, 1.165) is 57.3 Å². The number of carbonyl (C=O) groups excluding carboxylic acids is 3. The van der Waals surface area contributed by atoms with Crippen molar-refractivity contribution in [3.8, 4) is 0 Å². The predicted octanol–water partition coefficient (Wildman–Crippen LogP) is 5.75. The second kappa shape index (κ2) is 11.9. The number of rotatable bonds is 9. The Hall–Kier alpha value is -2.37. The highest BCUT2D eigenvalue weighted by Crippen LogP contribution is 2.42. The Kier molecular flexibility index (Phi) is 9.15. The number of amides is 3. The van der Waals surface area contributed by atoms with E-state index in [-0.39, 0.29) is 17.7 Å². The minimum absolute atomic E-state index is 0.0436. The lowest BCUT2D eigenvalue weighted by atomic mass is 9.72. The van der Waals surface area contributed by atoms with Crippen molar-refractivity contribution in [1.29, 1.82) is 0 Å². The molecule has 0 heterocycles. The topological polar surface area (TPSA) is 115 Å². The Morgan fingerprint density at radius 2 is 1.47 bits per heavy atom. The molecule has 2 aliphatic rings. The van der Waals surface area contributed by atoms with Crippen molar-refractivity contribution in [3.63, 3.8) is 0 Å². The lowest BCUT2D eigenvalue weighted by Crippen LogP contribution is -2.28. The molecule has 1 aromatic rings. The van der Waals surface area contributed by atoms with Gasteiger partial charge in [0.15, 0.2) is 0 Å². The van der Waals surface area contributed by atoms with Crippen LogP contribution in [0.4, 0.5) is 5.69 Å². The number of unbranched alkanes of at least 4 members (excludes halogenated alkanes) is 1. The molecule has 2 aliphatic carbocycles. The minimum atomic E-state index is -0.587. The molecule has 5 N–H and O–H groups in total. The Morgan fingerprint density at radius 1 is 0.912 bits per heavy atom. The number of hydrogen-bond donors (Lipinski definition) is 3. The van der Waals surface area contributed by atoms with Crippen LogP contribution in [-0.2, 0) is 4.79 Å². The molecule has 0 spiro atoms. The Bertz CT molecular complexity index is 844. The van der Waals surface area contributed by atoms with Gasteiger partial charge in [0.1, 0.15) is 0 Å². The van der Waals surface area contributed by atoms with Crippen LogP contribution in [0.15, 0.2) is 12.1 Å². The summed E-state index contributed by atoms with van der Waals surface area (Å²) in [5.41, 5.74) is 13.2. The molecular weight excluding hydrogens is 426 g/mol. The van der Waals surface area contributed by atoms with Gasteiger partial charge in [-0.05, 0) is 92.7 Å². The molecule has 2 saturated carbocycles. The Balaban J connectivity index is 1.77. The molecule has 0 atom stereocenters. The average Bonchev–Trinajstić information content (AvgIpc) is 2.82. The lowest BCUT2D eigenvalue weighted by Gasteiger charge is -2.33. The normalized spacial score (nSPS) is 25.2. The molecule has 0 radical (unpaired) electrons. The van der Waals surface area contributed by atoms with E-state index in [2.05, 4.69) is 26.1 Å². The van der Waals surface area contributed by atoms with Crippen LogP contribution < -0.4 is 16.8 Å². The van der Waals surface area contributed by atoms with Crippen LogP contribution in [0.1, 0.15) is 124 Å². The van der Waals surface area contributed by atoms with Crippen molar-refractivity contribution in [2.75, 3.05) is 5.32 Å². The van der Waals surface area contributed by atoms with Crippen LogP contribution in [0.25, 0.3) is 0 Å². The summed E-state index contributed by atoms with van der Waals surface area (Å²) in [4.78, 5) is 37.9. The van der Waals surface area contributed by atoms with Gasteiger partial charge in [-0.3, -0.25) is 14.4 Å². The van der Waals surface area contributed by atoms with Crippen molar-refractivity contribution in [2.45, 2.75) is 97.3 Å². The highest BCUT2D eigenvalue weighted by molar-refractivity contribution is 6.04. The van der Waals surface area contributed by atoms with Crippen LogP contribution in [-0.4, -0.2) is 17.7 Å². The summed E-state index contributed by atoms with van der Waals surface area (Å²) < 4.78 is 0. The summed E-state index contributed by atoms with van der Waals surface area (Å²) in [5.74, 6) is 0.794. The van der Waals surface area contributed by atoms with E-state index in [1.54, 1.807) is 12.1 Å².